The van der Waals surface area contributed by atoms with Crippen LogP contribution >= 0.6 is 0 Å². The molecule has 6 nitrogen and oxygen atoms in total. The summed E-state index contributed by atoms with van der Waals surface area (Å²) >= 11 is 0. The van der Waals surface area contributed by atoms with Crippen LogP contribution in [0.3, 0.4) is 0 Å². The second-order valence-electron chi connectivity index (χ2n) is 6.70. The number of ether oxygens (including phenoxy) is 1. The van der Waals surface area contributed by atoms with E-state index in [-0.39, 0.29) is 6.61 Å². The van der Waals surface area contributed by atoms with Crippen LogP contribution in [-0.4, -0.2) is 45.9 Å². The van der Waals surface area contributed by atoms with E-state index < -0.39 is 6.10 Å². The molecule has 0 amide bonds. The number of allylic oxidation sites excluding steroid dienone is 1. The van der Waals surface area contributed by atoms with Crippen molar-refractivity contribution in [1.82, 2.24) is 20.3 Å². The number of aromatic nitrogens is 3. The maximum atomic E-state index is 10.1. The Labute approximate surface area is 162 Å². The summed E-state index contributed by atoms with van der Waals surface area (Å²) in [4.78, 5) is 0. The number of aryl methyl sites for hydroxylation is 2. The van der Waals surface area contributed by atoms with Crippen molar-refractivity contribution in [2.45, 2.75) is 51.7 Å². The lowest BCUT2D eigenvalue weighted by molar-refractivity contribution is 0.106. The average molecular weight is 373 g/mol. The minimum atomic E-state index is -0.545. The fraction of sp³-hybridized carbons (Fsp3) is 0.524. The molecule has 0 bridgehead atoms. The Kier molecular flexibility index (Phi) is 9.58. The van der Waals surface area contributed by atoms with Crippen LogP contribution in [0.2, 0.25) is 0 Å². The lowest BCUT2D eigenvalue weighted by atomic mass is 10.1. The smallest absolute Gasteiger partial charge is 0.122 e. The summed E-state index contributed by atoms with van der Waals surface area (Å²) in [5.74, 6) is 0.808. The van der Waals surface area contributed by atoms with Crippen LogP contribution in [-0.2, 0) is 19.4 Å². The molecule has 2 aromatic rings. The number of benzene rings is 1. The van der Waals surface area contributed by atoms with Gasteiger partial charge in [-0.25, -0.2) is 0 Å². The number of aliphatic hydroxyl groups is 1. The molecule has 0 saturated heterocycles. The van der Waals surface area contributed by atoms with Gasteiger partial charge in [-0.3, -0.25) is 4.68 Å². The maximum Gasteiger partial charge on any atom is 0.122 e. The van der Waals surface area contributed by atoms with Gasteiger partial charge in [-0.2, -0.15) is 0 Å². The Balaban J connectivity index is 1.59. The van der Waals surface area contributed by atoms with Gasteiger partial charge in [0.05, 0.1) is 5.69 Å². The van der Waals surface area contributed by atoms with Crippen molar-refractivity contribution in [3.63, 3.8) is 0 Å². The van der Waals surface area contributed by atoms with E-state index in [1.165, 1.54) is 0 Å². The number of rotatable bonds is 14. The summed E-state index contributed by atoms with van der Waals surface area (Å²) in [6.45, 7) is 8.47. The third-order valence-electron chi connectivity index (χ3n) is 4.26. The molecule has 27 heavy (non-hydrogen) atoms. The van der Waals surface area contributed by atoms with E-state index in [9.17, 15) is 5.11 Å². The molecule has 0 unspecified atom stereocenters. The Morgan fingerprint density at radius 2 is 2.19 bits per heavy atom. The Hall–Kier alpha value is -2.18. The summed E-state index contributed by atoms with van der Waals surface area (Å²) in [7, 11) is 0. The average Bonchev–Trinajstić information content (AvgIpc) is 3.13. The second-order valence-corrected chi connectivity index (χ2v) is 6.70. The molecule has 0 spiro atoms. The fourth-order valence-electron chi connectivity index (χ4n) is 2.76. The van der Waals surface area contributed by atoms with Crippen LogP contribution in [0.25, 0.3) is 0 Å². The Morgan fingerprint density at radius 3 is 3.00 bits per heavy atom. The summed E-state index contributed by atoms with van der Waals surface area (Å²) in [6, 6.07) is 7.85. The third kappa shape index (κ3) is 7.93. The summed E-state index contributed by atoms with van der Waals surface area (Å²) in [5, 5.41) is 21.7. The standard InChI is InChI=1S/C21H32N4O2/c1-3-5-14-25-16-19(23-24-25)11-8-13-22-15-20(26)17-27-21-12-7-6-10-18(21)9-4-2/h4,6-7,10,12,16,20,22,26H,2-3,5,8-9,11,13-15,17H2,1H3/t20-/m0/s1. The number of para-hydroxylation sites is 1. The second kappa shape index (κ2) is 12.3. The number of hydrogen-bond donors (Lipinski definition) is 2. The lowest BCUT2D eigenvalue weighted by Crippen LogP contribution is -2.32. The molecule has 6 heteroatoms. The van der Waals surface area contributed by atoms with E-state index in [2.05, 4.69) is 29.1 Å². The zero-order valence-electron chi connectivity index (χ0n) is 16.3. The van der Waals surface area contributed by atoms with Gasteiger partial charge < -0.3 is 15.2 Å². The molecule has 1 aromatic carbocycles. The van der Waals surface area contributed by atoms with Crippen LogP contribution in [0.5, 0.6) is 5.75 Å². The van der Waals surface area contributed by atoms with Gasteiger partial charge >= 0.3 is 0 Å². The molecule has 0 aliphatic rings. The van der Waals surface area contributed by atoms with Crippen molar-refractivity contribution in [3.05, 3.63) is 54.4 Å². The number of aliphatic hydroxyl groups excluding tert-OH is 1. The van der Waals surface area contributed by atoms with E-state index in [1.807, 2.05) is 41.2 Å². The largest absolute Gasteiger partial charge is 0.491 e. The van der Waals surface area contributed by atoms with Gasteiger partial charge in [0.25, 0.3) is 0 Å². The van der Waals surface area contributed by atoms with Gasteiger partial charge in [0.1, 0.15) is 18.5 Å². The molecule has 0 fully saturated rings. The van der Waals surface area contributed by atoms with E-state index >= 15 is 0 Å². The number of nitrogens with zero attached hydrogens (tertiary/aromatic N) is 3. The predicted octanol–water partition coefficient (Wildman–Crippen LogP) is 2.77. The monoisotopic (exact) mass is 372 g/mol. The molecule has 148 valence electrons. The van der Waals surface area contributed by atoms with Gasteiger partial charge in [-0.15, -0.1) is 11.7 Å². The molecule has 0 radical (unpaired) electrons. The van der Waals surface area contributed by atoms with Crippen LogP contribution in [0, 0.1) is 0 Å². The molecule has 1 heterocycles. The minimum absolute atomic E-state index is 0.271. The first-order valence-electron chi connectivity index (χ1n) is 9.82. The maximum absolute atomic E-state index is 10.1. The van der Waals surface area contributed by atoms with Gasteiger partial charge in [0.2, 0.25) is 0 Å². The molecule has 0 saturated carbocycles. The highest BCUT2D eigenvalue weighted by atomic mass is 16.5. The van der Waals surface area contributed by atoms with Crippen molar-refractivity contribution >= 4 is 0 Å². The van der Waals surface area contributed by atoms with Crippen molar-refractivity contribution in [2.24, 2.45) is 0 Å². The normalized spacial score (nSPS) is 12.1. The van der Waals surface area contributed by atoms with Crippen LogP contribution in [0.15, 0.2) is 43.1 Å². The molecule has 2 N–H and O–H groups in total. The van der Waals surface area contributed by atoms with Gasteiger partial charge in [-0.1, -0.05) is 42.8 Å². The van der Waals surface area contributed by atoms with E-state index in [0.717, 1.165) is 62.2 Å². The van der Waals surface area contributed by atoms with Gasteiger partial charge in [-0.05, 0) is 43.9 Å². The highest BCUT2D eigenvalue weighted by Gasteiger charge is 2.07. The first-order chi connectivity index (χ1) is 13.2. The van der Waals surface area contributed by atoms with Crippen molar-refractivity contribution in [3.8, 4) is 5.75 Å². The lowest BCUT2D eigenvalue weighted by Gasteiger charge is -2.15. The molecule has 1 aromatic heterocycles. The summed E-state index contributed by atoms with van der Waals surface area (Å²) < 4.78 is 7.67. The Bertz CT molecular complexity index is 672. The zero-order valence-corrected chi connectivity index (χ0v) is 16.3. The topological polar surface area (TPSA) is 72.2 Å². The van der Waals surface area contributed by atoms with Crippen molar-refractivity contribution in [2.75, 3.05) is 19.7 Å². The molecule has 0 aliphatic carbocycles. The highest BCUT2D eigenvalue weighted by molar-refractivity contribution is 5.34. The van der Waals surface area contributed by atoms with Gasteiger partial charge in [0, 0.05) is 19.3 Å². The summed E-state index contributed by atoms with van der Waals surface area (Å²) in [5.41, 5.74) is 2.11. The zero-order chi connectivity index (χ0) is 19.3. The summed E-state index contributed by atoms with van der Waals surface area (Å²) in [6.07, 6.45) is 8.22. The third-order valence-corrected chi connectivity index (χ3v) is 4.26. The SMILES string of the molecule is C=CCc1ccccc1OC[C@@H](O)CNCCCc1cn(CCCC)nn1. The molecule has 0 aliphatic heterocycles. The minimum Gasteiger partial charge on any atom is -0.491 e. The molecular weight excluding hydrogens is 340 g/mol. The van der Waals surface area contributed by atoms with Crippen LogP contribution in [0.4, 0.5) is 0 Å². The molecule has 1 atom stereocenters. The fourth-order valence-corrected chi connectivity index (χ4v) is 2.76. The van der Waals surface area contributed by atoms with Crippen molar-refractivity contribution < 1.29 is 9.84 Å². The highest BCUT2D eigenvalue weighted by Crippen LogP contribution is 2.18. The van der Waals surface area contributed by atoms with Crippen LogP contribution < -0.4 is 10.1 Å². The van der Waals surface area contributed by atoms with E-state index in [0.29, 0.717) is 6.54 Å². The quantitative estimate of drug-likeness (QED) is 0.394. The first kappa shape index (κ1) is 21.1. The van der Waals surface area contributed by atoms with Crippen LogP contribution in [0.1, 0.15) is 37.4 Å². The molecular formula is C21H32N4O2. The first-order valence-corrected chi connectivity index (χ1v) is 9.82. The van der Waals surface area contributed by atoms with E-state index in [4.69, 9.17) is 4.74 Å². The van der Waals surface area contributed by atoms with E-state index in [1.54, 1.807) is 0 Å². The predicted molar refractivity (Wildman–Crippen MR) is 108 cm³/mol. The van der Waals surface area contributed by atoms with Crippen molar-refractivity contribution in [1.29, 1.82) is 0 Å². The number of nitrogens with one attached hydrogen (secondary N) is 1. The molecule has 2 rings (SSSR count). The number of hydrogen-bond acceptors (Lipinski definition) is 5. The number of unbranched alkanes of at least 4 members (excludes halogenated alkanes) is 1. The van der Waals surface area contributed by atoms with Gasteiger partial charge in [0.15, 0.2) is 0 Å². The Morgan fingerprint density at radius 1 is 1.33 bits per heavy atom.